The van der Waals surface area contributed by atoms with Crippen LogP contribution in [0.5, 0.6) is 0 Å². The second-order valence-electron chi connectivity index (χ2n) is 15.9. The van der Waals surface area contributed by atoms with Crippen molar-refractivity contribution in [1.82, 2.24) is 8.97 Å². The van der Waals surface area contributed by atoms with Crippen LogP contribution in [0.2, 0.25) is 0 Å². The SMILES string of the molecule is CC1(C)C(=CC2C(=O)C(C=C3C(C)(C)c4cc(S(=O)(=O)[O-])ccc4[N+]34CCCCC4C(=O)O)=C2[O-])[N+]2(CCCCC2C(=O)O)c2ccc(SOO[O-])cc21. The van der Waals surface area contributed by atoms with Crippen molar-refractivity contribution in [3.05, 3.63) is 82.4 Å². The quantitative estimate of drug-likeness (QED) is 0.129. The van der Waals surface area contributed by atoms with Crippen LogP contribution in [0, 0.1) is 5.92 Å². The number of hydrogen-bond acceptors (Lipinski definition) is 11. The Morgan fingerprint density at radius 2 is 1.41 bits per heavy atom. The molecular weight excluding hydrogens is 741 g/mol. The summed E-state index contributed by atoms with van der Waals surface area (Å²) in [5, 5.41) is 49.5. The highest BCUT2D eigenvalue weighted by Crippen LogP contribution is 2.59. The first-order valence-corrected chi connectivity index (χ1v) is 20.0. The zero-order valence-corrected chi connectivity index (χ0v) is 31.8. The molecule has 2 aromatic carbocycles. The molecule has 4 aliphatic heterocycles. The third-order valence-corrected chi connectivity index (χ3v) is 13.9. The predicted molar refractivity (Wildman–Crippen MR) is 190 cm³/mol. The Kier molecular flexibility index (Phi) is 9.33. The average Bonchev–Trinajstić information content (AvgIpc) is 3.41. The maximum atomic E-state index is 14.3. The molecule has 0 amide bonds. The summed E-state index contributed by atoms with van der Waals surface area (Å²) in [6.07, 6.45) is 6.41. The van der Waals surface area contributed by atoms with Crippen LogP contribution in [0.25, 0.3) is 0 Å². The Hall–Kier alpha value is -3.87. The minimum Gasteiger partial charge on any atom is -0.874 e. The summed E-state index contributed by atoms with van der Waals surface area (Å²) in [5.41, 5.74) is 1.39. The number of fused-ring (bicyclic) bond motifs is 4. The van der Waals surface area contributed by atoms with E-state index in [1.165, 1.54) is 24.3 Å². The molecule has 4 heterocycles. The second kappa shape index (κ2) is 13.1. The van der Waals surface area contributed by atoms with Gasteiger partial charge in [0.25, 0.3) is 0 Å². The number of allylic oxidation sites excluding steroid dienone is 5. The van der Waals surface area contributed by atoms with Gasteiger partial charge in [-0.1, -0.05) is 0 Å². The summed E-state index contributed by atoms with van der Waals surface area (Å²) < 4.78 is 40.5. The molecule has 1 aliphatic carbocycles. The summed E-state index contributed by atoms with van der Waals surface area (Å²) in [7, 11) is -4.85. The number of carbonyl (C=O) groups excluding carboxylic acids is 1. The van der Waals surface area contributed by atoms with E-state index in [-0.39, 0.29) is 14.5 Å². The molecule has 14 nitrogen and oxygen atoms in total. The molecular formula is C38H41N2O12S2-. The van der Waals surface area contributed by atoms with Crippen LogP contribution in [0.1, 0.15) is 77.3 Å². The highest BCUT2D eigenvalue weighted by Gasteiger charge is 2.62. The van der Waals surface area contributed by atoms with Gasteiger partial charge >= 0.3 is 11.9 Å². The number of carboxylic acid groups (broad SMARTS) is 2. The van der Waals surface area contributed by atoms with Crippen LogP contribution in [0.15, 0.2) is 81.1 Å². The van der Waals surface area contributed by atoms with Crippen LogP contribution < -0.4 is 19.3 Å². The molecule has 2 spiro atoms. The van der Waals surface area contributed by atoms with Gasteiger partial charge in [0, 0.05) is 52.6 Å². The molecule has 2 N–H and O–H groups in total. The minimum atomic E-state index is -4.85. The van der Waals surface area contributed by atoms with Crippen molar-refractivity contribution < 1.29 is 57.3 Å². The van der Waals surface area contributed by atoms with Crippen LogP contribution in [0.3, 0.4) is 0 Å². The number of aliphatic carboxylic acids is 2. The van der Waals surface area contributed by atoms with Gasteiger partial charge in [-0.3, -0.25) is 9.83 Å². The van der Waals surface area contributed by atoms with E-state index in [1.807, 2.05) is 13.8 Å². The fourth-order valence-electron chi connectivity index (χ4n) is 10.2. The Bertz CT molecular complexity index is 2190. The number of nitrogens with zero attached hydrogens (tertiary/aromatic N) is 2. The lowest BCUT2D eigenvalue weighted by Crippen LogP contribution is -2.62. The van der Waals surface area contributed by atoms with E-state index in [4.69, 9.17) is 0 Å². The number of carbonyl (C=O) groups is 3. The zero-order chi connectivity index (χ0) is 39.2. The van der Waals surface area contributed by atoms with Crippen LogP contribution in [-0.4, -0.2) is 66.1 Å². The Balaban J connectivity index is 1.39. The number of piperidine rings is 2. The lowest BCUT2D eigenvalue weighted by molar-refractivity contribution is -0.777. The number of Topliss-reactive ketones (excluding diaryl/α,β-unsaturated/α-hetero) is 1. The van der Waals surface area contributed by atoms with Crippen molar-refractivity contribution in [1.29, 1.82) is 0 Å². The van der Waals surface area contributed by atoms with Crippen molar-refractivity contribution >= 4 is 51.3 Å². The Labute approximate surface area is 317 Å². The minimum absolute atomic E-state index is 0.0669. The standard InChI is InChI=1S/C38H42N2O12S2/c1-37(2)25-17-21(53-52-51-47)11-13-27(25)39(15-7-5-9-29(39)35(43)44)31(37)19-23-33(41)24(34(23)42)20-32-38(3,4)26-18-22(54(48,49)50)12-14-28(26)40(32)16-8-6-10-30(40)36(45)46/h11-14,17-20,23,29-30H,5-10,15-16H2,1-4H3,(H3-2,41,42,43,44,45,46,47,48,49,50)/p-1. The van der Waals surface area contributed by atoms with Gasteiger partial charge in [0.15, 0.2) is 17.9 Å². The molecule has 2 fully saturated rings. The van der Waals surface area contributed by atoms with E-state index in [0.29, 0.717) is 91.2 Å². The smallest absolute Gasteiger partial charge is 0.363 e. The van der Waals surface area contributed by atoms with Crippen molar-refractivity contribution in [3.63, 3.8) is 0 Å². The number of hydrogen-bond donors (Lipinski definition) is 2. The summed E-state index contributed by atoms with van der Waals surface area (Å²) in [6.45, 7) is 8.09. The molecule has 0 saturated carbocycles. The summed E-state index contributed by atoms with van der Waals surface area (Å²) in [4.78, 5) is 40.2. The van der Waals surface area contributed by atoms with Crippen molar-refractivity contribution in [2.45, 2.75) is 98.9 Å². The van der Waals surface area contributed by atoms with Gasteiger partial charge in [-0.25, -0.2) is 27.0 Å². The first-order valence-electron chi connectivity index (χ1n) is 17.9. The van der Waals surface area contributed by atoms with Crippen molar-refractivity contribution in [3.8, 4) is 0 Å². The van der Waals surface area contributed by atoms with Crippen LogP contribution >= 0.6 is 12.0 Å². The normalized spacial score (nSPS) is 31.2. The van der Waals surface area contributed by atoms with Crippen molar-refractivity contribution in [2.24, 2.45) is 5.92 Å². The largest absolute Gasteiger partial charge is 0.874 e. The van der Waals surface area contributed by atoms with Gasteiger partial charge < -0.3 is 25.1 Å². The first kappa shape index (κ1) is 38.4. The molecule has 0 aromatic heterocycles. The topological polar surface area (TPSA) is 213 Å². The highest BCUT2D eigenvalue weighted by atomic mass is 32.2. The molecule has 5 atom stereocenters. The van der Waals surface area contributed by atoms with Gasteiger partial charge in [-0.05, 0) is 83.7 Å². The van der Waals surface area contributed by atoms with Crippen molar-refractivity contribution in [2.75, 3.05) is 13.1 Å². The molecule has 0 bridgehead atoms. The number of rotatable bonds is 8. The average molecular weight is 782 g/mol. The fourth-order valence-corrected chi connectivity index (χ4v) is 11.1. The van der Waals surface area contributed by atoms with E-state index >= 15 is 0 Å². The Morgan fingerprint density at radius 1 is 0.870 bits per heavy atom. The number of ketones is 1. The molecule has 288 valence electrons. The lowest BCUT2D eigenvalue weighted by Gasteiger charge is -2.46. The maximum absolute atomic E-state index is 14.3. The van der Waals surface area contributed by atoms with Gasteiger partial charge in [0.2, 0.25) is 0 Å². The highest BCUT2D eigenvalue weighted by molar-refractivity contribution is 7.94. The fraction of sp³-hybridized carbons (Fsp3) is 0.447. The summed E-state index contributed by atoms with van der Waals surface area (Å²) >= 11 is 0.705. The molecule has 7 rings (SSSR count). The summed E-state index contributed by atoms with van der Waals surface area (Å²) in [5.74, 6) is -4.31. The number of quaternary nitrogens is 2. The molecule has 16 heteroatoms. The molecule has 2 aromatic rings. The summed E-state index contributed by atoms with van der Waals surface area (Å²) in [6, 6.07) is 7.35. The second-order valence-corrected chi connectivity index (χ2v) is 18.0. The third kappa shape index (κ3) is 5.44. The van der Waals surface area contributed by atoms with E-state index in [1.54, 1.807) is 38.1 Å². The number of benzene rings is 2. The van der Waals surface area contributed by atoms with Gasteiger partial charge in [0.05, 0.1) is 46.8 Å². The molecule has 54 heavy (non-hydrogen) atoms. The molecule has 2 saturated heterocycles. The maximum Gasteiger partial charge on any atom is 0.363 e. The van der Waals surface area contributed by atoms with E-state index < -0.39 is 67.3 Å². The molecule has 0 radical (unpaired) electrons. The van der Waals surface area contributed by atoms with Crippen LogP contribution in [0.4, 0.5) is 11.4 Å². The van der Waals surface area contributed by atoms with Gasteiger partial charge in [-0.15, -0.1) is 5.76 Å². The van der Waals surface area contributed by atoms with Crippen LogP contribution in [-0.2, 0) is 44.7 Å². The predicted octanol–water partition coefficient (Wildman–Crippen LogP) is 3.57. The number of carboxylic acids is 2. The molecule has 5 unspecified atom stereocenters. The lowest BCUT2D eigenvalue weighted by atomic mass is 9.75. The van der Waals surface area contributed by atoms with E-state index in [2.05, 4.69) is 9.37 Å². The van der Waals surface area contributed by atoms with Gasteiger partial charge in [-0.2, -0.15) is 4.33 Å². The van der Waals surface area contributed by atoms with E-state index in [0.717, 1.165) is 11.3 Å². The third-order valence-electron chi connectivity index (χ3n) is 12.5. The van der Waals surface area contributed by atoms with Gasteiger partial charge in [0.1, 0.15) is 32.9 Å². The first-order chi connectivity index (χ1) is 25.3. The Morgan fingerprint density at radius 3 is 1.94 bits per heavy atom. The zero-order valence-electron chi connectivity index (χ0n) is 30.2. The van der Waals surface area contributed by atoms with E-state index in [9.17, 15) is 47.9 Å². The monoisotopic (exact) mass is 781 g/mol. The molecule has 5 aliphatic rings.